The quantitative estimate of drug-likeness (QED) is 0.810. The summed E-state index contributed by atoms with van der Waals surface area (Å²) in [7, 11) is 0. The summed E-state index contributed by atoms with van der Waals surface area (Å²) in [6.45, 7) is 2.80. The van der Waals surface area contributed by atoms with Crippen molar-refractivity contribution in [1.29, 1.82) is 0 Å². The number of piperazine rings is 1. The van der Waals surface area contributed by atoms with Gasteiger partial charge < -0.3 is 15.1 Å². The standard InChI is InChI=1S/C22H22ClN3O3/c1-2-25-13-17(26-20(22(25)29)21(28)18(27)12-24-26)19(14-7-4-3-5-8-14)15-9-6-10-16(23)11-15/h3-12,17-19,27-28H,2,13H2,1H3/t17-,18?,19-/m1/s1. The summed E-state index contributed by atoms with van der Waals surface area (Å²) >= 11 is 6.28. The van der Waals surface area contributed by atoms with E-state index < -0.39 is 6.10 Å². The number of hydrogen-bond donors (Lipinski definition) is 2. The molecule has 3 atom stereocenters. The Kier molecular flexibility index (Phi) is 5.30. The minimum atomic E-state index is -1.29. The van der Waals surface area contributed by atoms with Crippen LogP contribution in [-0.2, 0) is 4.79 Å². The van der Waals surface area contributed by atoms with E-state index in [-0.39, 0.29) is 29.3 Å². The predicted molar refractivity (Wildman–Crippen MR) is 112 cm³/mol. The van der Waals surface area contributed by atoms with Crippen LogP contribution in [-0.4, -0.2) is 57.5 Å². The van der Waals surface area contributed by atoms with Gasteiger partial charge in [0, 0.05) is 24.0 Å². The molecule has 1 fully saturated rings. The Labute approximate surface area is 174 Å². The van der Waals surface area contributed by atoms with E-state index in [1.54, 1.807) is 9.91 Å². The van der Waals surface area contributed by atoms with Crippen LogP contribution in [0.3, 0.4) is 0 Å². The molecule has 150 valence electrons. The summed E-state index contributed by atoms with van der Waals surface area (Å²) < 4.78 is 0. The van der Waals surface area contributed by atoms with E-state index in [9.17, 15) is 15.0 Å². The molecule has 0 aromatic heterocycles. The largest absolute Gasteiger partial charge is 0.507 e. The van der Waals surface area contributed by atoms with Crippen LogP contribution >= 0.6 is 11.6 Å². The molecule has 1 amide bonds. The summed E-state index contributed by atoms with van der Waals surface area (Å²) in [5.74, 6) is -0.867. The van der Waals surface area contributed by atoms with Gasteiger partial charge in [-0.2, -0.15) is 5.10 Å². The van der Waals surface area contributed by atoms with E-state index in [4.69, 9.17) is 11.6 Å². The first kappa shape index (κ1) is 19.5. The van der Waals surface area contributed by atoms with E-state index in [1.807, 2.05) is 61.5 Å². The highest BCUT2D eigenvalue weighted by Gasteiger charge is 2.44. The fraction of sp³-hybridized carbons (Fsp3) is 0.273. The van der Waals surface area contributed by atoms with Crippen molar-refractivity contribution >= 4 is 23.7 Å². The molecule has 0 radical (unpaired) electrons. The van der Waals surface area contributed by atoms with Gasteiger partial charge in [-0.3, -0.25) is 9.80 Å². The van der Waals surface area contributed by atoms with Crippen molar-refractivity contribution in [3.8, 4) is 0 Å². The molecule has 29 heavy (non-hydrogen) atoms. The third-order valence-corrected chi connectivity index (χ3v) is 5.66. The zero-order valence-corrected chi connectivity index (χ0v) is 16.7. The van der Waals surface area contributed by atoms with Crippen LogP contribution in [0.15, 0.2) is 71.2 Å². The van der Waals surface area contributed by atoms with E-state index in [2.05, 4.69) is 5.10 Å². The molecule has 0 spiro atoms. The fourth-order valence-corrected chi connectivity index (χ4v) is 4.23. The SMILES string of the molecule is CCN1C[C@H]([C@H](c2ccccc2)c2cccc(Cl)c2)N2N=CC(O)C(O)=C2C1=O. The molecule has 1 unspecified atom stereocenters. The number of carbonyl (C=O) groups is 1. The number of carbonyl (C=O) groups excluding carboxylic acids is 1. The van der Waals surface area contributed by atoms with Crippen molar-refractivity contribution in [1.82, 2.24) is 9.91 Å². The van der Waals surface area contributed by atoms with Gasteiger partial charge in [0.1, 0.15) is 6.10 Å². The molecule has 2 N–H and O–H groups in total. The van der Waals surface area contributed by atoms with E-state index in [0.29, 0.717) is 18.1 Å². The van der Waals surface area contributed by atoms with Crippen LogP contribution in [0.4, 0.5) is 0 Å². The topological polar surface area (TPSA) is 76.4 Å². The normalized spacial score (nSPS) is 22.7. The zero-order valence-electron chi connectivity index (χ0n) is 15.9. The number of rotatable bonds is 4. The molecule has 1 saturated heterocycles. The average molecular weight is 412 g/mol. The van der Waals surface area contributed by atoms with Crippen molar-refractivity contribution in [3.05, 3.63) is 82.2 Å². The number of aliphatic hydroxyl groups is 2. The van der Waals surface area contributed by atoms with Crippen molar-refractivity contribution in [3.63, 3.8) is 0 Å². The van der Waals surface area contributed by atoms with Crippen molar-refractivity contribution < 1.29 is 15.0 Å². The fourth-order valence-electron chi connectivity index (χ4n) is 4.03. The third kappa shape index (κ3) is 3.50. The summed E-state index contributed by atoms with van der Waals surface area (Å²) in [5, 5.41) is 27.0. The van der Waals surface area contributed by atoms with E-state index >= 15 is 0 Å². The summed E-state index contributed by atoms with van der Waals surface area (Å²) in [4.78, 5) is 14.6. The highest BCUT2D eigenvalue weighted by atomic mass is 35.5. The molecule has 2 aromatic carbocycles. The Morgan fingerprint density at radius 2 is 1.90 bits per heavy atom. The van der Waals surface area contributed by atoms with Gasteiger partial charge in [-0.15, -0.1) is 0 Å². The third-order valence-electron chi connectivity index (χ3n) is 5.43. The average Bonchev–Trinajstić information content (AvgIpc) is 2.73. The Morgan fingerprint density at radius 1 is 1.17 bits per heavy atom. The van der Waals surface area contributed by atoms with Gasteiger partial charge >= 0.3 is 0 Å². The maximum absolute atomic E-state index is 12.9. The number of amides is 1. The monoisotopic (exact) mass is 411 g/mol. The number of nitrogens with zero attached hydrogens (tertiary/aromatic N) is 3. The molecule has 0 saturated carbocycles. The minimum Gasteiger partial charge on any atom is -0.507 e. The van der Waals surface area contributed by atoms with Gasteiger partial charge in [0.25, 0.3) is 5.91 Å². The lowest BCUT2D eigenvalue weighted by Gasteiger charge is -2.45. The van der Waals surface area contributed by atoms with Gasteiger partial charge in [0.05, 0.1) is 12.3 Å². The second kappa shape index (κ2) is 7.89. The van der Waals surface area contributed by atoms with Crippen molar-refractivity contribution in [2.75, 3.05) is 13.1 Å². The van der Waals surface area contributed by atoms with Crippen LogP contribution in [0.2, 0.25) is 5.02 Å². The number of likely N-dealkylation sites (N-methyl/N-ethyl adjacent to an activating group) is 1. The molecule has 4 rings (SSSR count). The van der Waals surface area contributed by atoms with Gasteiger partial charge in [-0.25, -0.2) is 0 Å². The molecular weight excluding hydrogens is 390 g/mol. The number of hydrogen-bond acceptors (Lipinski definition) is 5. The van der Waals surface area contributed by atoms with Crippen LogP contribution in [0.25, 0.3) is 0 Å². The van der Waals surface area contributed by atoms with Crippen LogP contribution < -0.4 is 0 Å². The number of halogens is 1. The van der Waals surface area contributed by atoms with Crippen LogP contribution in [0, 0.1) is 0 Å². The van der Waals surface area contributed by atoms with E-state index in [0.717, 1.165) is 11.1 Å². The molecular formula is C22H22ClN3O3. The molecule has 2 aromatic rings. The first-order chi connectivity index (χ1) is 14.0. The molecule has 7 heteroatoms. The molecule has 0 bridgehead atoms. The lowest BCUT2D eigenvalue weighted by Crippen LogP contribution is -2.56. The number of aliphatic hydroxyl groups excluding tert-OH is 2. The molecule has 2 heterocycles. The van der Waals surface area contributed by atoms with Crippen molar-refractivity contribution in [2.45, 2.75) is 25.0 Å². The highest BCUT2D eigenvalue weighted by Crippen LogP contribution is 2.38. The van der Waals surface area contributed by atoms with Gasteiger partial charge in [0.15, 0.2) is 11.5 Å². The lowest BCUT2D eigenvalue weighted by atomic mass is 9.83. The smallest absolute Gasteiger partial charge is 0.275 e. The highest BCUT2D eigenvalue weighted by molar-refractivity contribution is 6.30. The van der Waals surface area contributed by atoms with Gasteiger partial charge in [-0.1, -0.05) is 54.1 Å². The molecule has 2 aliphatic heterocycles. The predicted octanol–water partition coefficient (Wildman–Crippen LogP) is 3.13. The molecule has 0 aliphatic carbocycles. The molecule has 2 aliphatic rings. The van der Waals surface area contributed by atoms with Gasteiger partial charge in [0.2, 0.25) is 0 Å². The van der Waals surface area contributed by atoms with Crippen molar-refractivity contribution in [2.24, 2.45) is 5.10 Å². The van der Waals surface area contributed by atoms with Gasteiger partial charge in [-0.05, 0) is 30.2 Å². The first-order valence-corrected chi connectivity index (χ1v) is 9.93. The first-order valence-electron chi connectivity index (χ1n) is 9.55. The Hall–Kier alpha value is -2.83. The number of fused-ring (bicyclic) bond motifs is 1. The second-order valence-electron chi connectivity index (χ2n) is 7.14. The maximum atomic E-state index is 12.9. The summed E-state index contributed by atoms with van der Waals surface area (Å²) in [6.07, 6.45) is -0.0372. The Balaban J connectivity index is 1.87. The second-order valence-corrected chi connectivity index (χ2v) is 7.58. The lowest BCUT2D eigenvalue weighted by molar-refractivity contribution is -0.134. The summed E-state index contributed by atoms with van der Waals surface area (Å²) in [6, 6.07) is 17.3. The number of benzene rings is 2. The van der Waals surface area contributed by atoms with E-state index in [1.165, 1.54) is 6.21 Å². The minimum absolute atomic E-state index is 0.0288. The molecule has 6 nitrogen and oxygen atoms in total. The number of hydrazone groups is 1. The van der Waals surface area contributed by atoms with Crippen LogP contribution in [0.1, 0.15) is 24.0 Å². The maximum Gasteiger partial charge on any atom is 0.275 e. The Morgan fingerprint density at radius 3 is 2.59 bits per heavy atom. The van der Waals surface area contributed by atoms with Crippen LogP contribution in [0.5, 0.6) is 0 Å². The summed E-state index contributed by atoms with van der Waals surface area (Å²) in [5.41, 5.74) is 2.06. The zero-order chi connectivity index (χ0) is 20.5. The Bertz CT molecular complexity index is 976.